The first kappa shape index (κ1) is 109. The van der Waals surface area contributed by atoms with Crippen molar-refractivity contribution in [3.63, 3.8) is 0 Å². The fraction of sp³-hybridized carbons (Fsp3) is 0.639. The van der Waals surface area contributed by atoms with Crippen LogP contribution in [0.4, 0.5) is 0 Å². The number of rotatable bonds is 83. The molecule has 0 aromatic heterocycles. The summed E-state index contributed by atoms with van der Waals surface area (Å²) in [6.45, 7) is 2.35. The number of carbonyl (C=O) groups excluding carboxylic acids is 3. The van der Waals surface area contributed by atoms with Crippen molar-refractivity contribution in [2.45, 2.75) is 360 Å². The molecule has 0 bridgehead atoms. The van der Waals surface area contributed by atoms with E-state index in [0.717, 1.165) is 148 Å². The molecule has 16 nitrogen and oxygen atoms in total. The molecule has 0 aliphatic rings. The van der Waals surface area contributed by atoms with Crippen molar-refractivity contribution in [3.05, 3.63) is 194 Å². The van der Waals surface area contributed by atoms with Crippen LogP contribution in [0.15, 0.2) is 194 Å². The monoisotopic (exact) mass is 1640 g/mol. The number of unbranched alkanes of at least 4 members (excludes halogenated alkanes) is 28. The van der Waals surface area contributed by atoms with Crippen LogP contribution in [-0.4, -0.2) is 95.9 Å². The van der Waals surface area contributed by atoms with Crippen molar-refractivity contribution in [2.24, 2.45) is 0 Å². The summed E-state index contributed by atoms with van der Waals surface area (Å²) in [7, 11) is -9.84. The van der Waals surface area contributed by atoms with Gasteiger partial charge in [0, 0.05) is 19.3 Å². The number of esters is 3. The highest BCUT2D eigenvalue weighted by molar-refractivity contribution is 7.47. The smallest absolute Gasteiger partial charge is 0.463 e. The molecule has 0 saturated carbocycles. The Labute approximate surface area is 699 Å². The van der Waals surface area contributed by atoms with Gasteiger partial charge < -0.3 is 34.2 Å². The standard InChI is InChI=1S/C97H160O16P2/c1-4-7-10-13-16-19-22-25-28-31-34-37-39-40-41-42-43-44-45-46-47-48-49-50-52-55-56-59-62-65-68-71-74-77-80-83-95(100)107-86-92(98)87-109-114(103,104)110-88-93(99)89-111-115(105,106)112-91-94(113-97(102)85-82-79-76-73-70-67-64-61-58-53-36-33-30-27-24-21-18-15-12-9-6-3)90-108-96(101)84-81-78-75-72-69-66-63-60-57-54-51-38-35-32-29-26-23-20-17-14-11-8-5-2/h8-9,11-12,16-21,25-30,34-38,40-41,53-54,57,61,63-64,66,70,73,92-94,98-99H,4-7,10,13-15,22-24,31-33,39,42-52,55-56,58-60,62,65,67-69,71-72,74-91H2,1-3H3,(H,103,104)(H,105,106)/b11-8-,12-9-,19-16-,20-17-,21-18-,28-25-,29-26-,30-27-,37-34-,38-35-,41-40-,53-36-,57-54-,64-61-,66-63-,73-70-. The molecule has 0 radical (unpaired) electrons. The van der Waals surface area contributed by atoms with E-state index < -0.39 is 91.5 Å². The van der Waals surface area contributed by atoms with Crippen LogP contribution in [0, 0.1) is 0 Å². The normalized spacial score (nSPS) is 14.7. The van der Waals surface area contributed by atoms with Crippen molar-refractivity contribution in [1.82, 2.24) is 0 Å². The summed E-state index contributed by atoms with van der Waals surface area (Å²) in [5, 5.41) is 20.7. The summed E-state index contributed by atoms with van der Waals surface area (Å²) in [6, 6.07) is 0. The first-order valence-corrected chi connectivity index (χ1v) is 47.7. The number of phosphoric acid groups is 2. The fourth-order valence-corrected chi connectivity index (χ4v) is 13.1. The first-order chi connectivity index (χ1) is 56.2. The number of aliphatic hydroxyl groups is 2. The van der Waals surface area contributed by atoms with Crippen LogP contribution in [0.1, 0.15) is 342 Å². The predicted octanol–water partition coefficient (Wildman–Crippen LogP) is 27.4. The summed E-state index contributed by atoms with van der Waals surface area (Å²) in [5.41, 5.74) is 0. The second-order valence-corrected chi connectivity index (χ2v) is 32.2. The Kier molecular flexibility index (Phi) is 83.4. The van der Waals surface area contributed by atoms with Crippen LogP contribution in [0.5, 0.6) is 0 Å². The van der Waals surface area contributed by atoms with E-state index in [9.17, 15) is 43.5 Å². The zero-order valence-electron chi connectivity index (χ0n) is 71.9. The maximum absolute atomic E-state index is 13.0. The van der Waals surface area contributed by atoms with Gasteiger partial charge in [-0.1, -0.05) is 350 Å². The number of ether oxygens (including phenoxy) is 3. The summed E-state index contributed by atoms with van der Waals surface area (Å²) < 4.78 is 61.3. The Bertz CT molecular complexity index is 2870. The van der Waals surface area contributed by atoms with Gasteiger partial charge in [0.1, 0.15) is 25.4 Å². The lowest BCUT2D eigenvalue weighted by Crippen LogP contribution is -2.30. The number of hydrogen-bond donors (Lipinski definition) is 4. The van der Waals surface area contributed by atoms with Crippen molar-refractivity contribution < 1.29 is 75.8 Å². The second-order valence-electron chi connectivity index (χ2n) is 29.3. The zero-order valence-corrected chi connectivity index (χ0v) is 73.7. The quantitative estimate of drug-likeness (QED) is 0.0146. The molecular formula is C97H160O16P2. The summed E-state index contributed by atoms with van der Waals surface area (Å²) in [4.78, 5) is 58.9. The van der Waals surface area contributed by atoms with E-state index in [0.29, 0.717) is 25.7 Å². The van der Waals surface area contributed by atoms with Crippen LogP contribution in [-0.2, 0) is 55.8 Å². The molecule has 0 saturated heterocycles. The Morgan fingerprint density at radius 2 is 0.461 bits per heavy atom. The van der Waals surface area contributed by atoms with Crippen molar-refractivity contribution in [1.29, 1.82) is 0 Å². The molecule has 0 aliphatic heterocycles. The molecule has 0 aromatic rings. The van der Waals surface area contributed by atoms with Crippen LogP contribution in [0.3, 0.4) is 0 Å². The van der Waals surface area contributed by atoms with Gasteiger partial charge in [-0.05, 0) is 167 Å². The molecule has 0 rings (SSSR count). The van der Waals surface area contributed by atoms with Crippen molar-refractivity contribution >= 4 is 33.6 Å². The van der Waals surface area contributed by atoms with Gasteiger partial charge in [0.25, 0.3) is 0 Å². The molecule has 5 atom stereocenters. The SMILES string of the molecule is CC/C=C\C/C=C\C/C=C\C/C=C\C/C=C\C/C=C\CCCCCCC(=O)OCC(COP(=O)(O)OCC(O)COP(=O)(O)OCC(O)COC(=O)CCCCCCCCCCCCCCCCCCCCC/C=C\C/C=C\C/C=C\C/C=C\CCCCC)OC(=O)CCCC/C=C\C/C=C\C/C=C\C/C=C\C/C=C\C/C=C\CC. The minimum absolute atomic E-state index is 0.0356. The number of phosphoric ester groups is 2. The van der Waals surface area contributed by atoms with Crippen LogP contribution in [0.25, 0.3) is 0 Å². The lowest BCUT2D eigenvalue weighted by atomic mass is 10.0. The first-order valence-electron chi connectivity index (χ1n) is 44.7. The topological polar surface area (TPSA) is 231 Å². The molecule has 0 aliphatic carbocycles. The Balaban J connectivity index is 4.58. The minimum atomic E-state index is -4.96. The largest absolute Gasteiger partial charge is 0.472 e. The summed E-state index contributed by atoms with van der Waals surface area (Å²) >= 11 is 0. The molecule has 5 unspecified atom stereocenters. The molecule has 4 N–H and O–H groups in total. The third-order valence-electron chi connectivity index (χ3n) is 18.3. The van der Waals surface area contributed by atoms with E-state index in [4.69, 9.17) is 32.3 Å². The second kappa shape index (κ2) is 87.7. The fourth-order valence-electron chi connectivity index (χ4n) is 11.6. The van der Waals surface area contributed by atoms with E-state index in [1.165, 1.54) is 128 Å². The Morgan fingerprint density at radius 1 is 0.252 bits per heavy atom. The van der Waals surface area contributed by atoms with E-state index in [1.54, 1.807) is 0 Å². The van der Waals surface area contributed by atoms with E-state index in [-0.39, 0.29) is 19.3 Å². The van der Waals surface area contributed by atoms with Gasteiger partial charge in [0.05, 0.1) is 26.4 Å². The van der Waals surface area contributed by atoms with Gasteiger partial charge in [0.15, 0.2) is 6.10 Å². The molecule has 0 amide bonds. The average molecular weight is 1640 g/mol. The third kappa shape index (κ3) is 89.0. The molecule has 0 aromatic carbocycles. The minimum Gasteiger partial charge on any atom is -0.463 e. The lowest BCUT2D eigenvalue weighted by Gasteiger charge is -2.21. The van der Waals surface area contributed by atoms with E-state index in [1.807, 2.05) is 0 Å². The molecule has 0 heterocycles. The highest BCUT2D eigenvalue weighted by Crippen LogP contribution is 2.45. The number of aliphatic hydroxyl groups excluding tert-OH is 2. The maximum Gasteiger partial charge on any atom is 0.472 e. The number of hydrogen-bond acceptors (Lipinski definition) is 14. The van der Waals surface area contributed by atoms with Gasteiger partial charge >= 0.3 is 33.6 Å². The third-order valence-corrected chi connectivity index (χ3v) is 20.2. The van der Waals surface area contributed by atoms with Crippen molar-refractivity contribution in [2.75, 3.05) is 39.6 Å². The highest BCUT2D eigenvalue weighted by Gasteiger charge is 2.29. The molecule has 0 spiro atoms. The Hall–Kier alpha value is -5.61. The van der Waals surface area contributed by atoms with Gasteiger partial charge in [-0.25, -0.2) is 9.13 Å². The number of carbonyl (C=O) groups is 3. The van der Waals surface area contributed by atoms with Gasteiger partial charge in [-0.15, -0.1) is 0 Å². The zero-order chi connectivity index (χ0) is 83.6. The van der Waals surface area contributed by atoms with Crippen LogP contribution >= 0.6 is 15.6 Å². The van der Waals surface area contributed by atoms with E-state index in [2.05, 4.69) is 215 Å². The predicted molar refractivity (Wildman–Crippen MR) is 481 cm³/mol. The average Bonchev–Trinajstić information content (AvgIpc) is 0.903. The molecule has 18 heteroatoms. The van der Waals surface area contributed by atoms with Crippen LogP contribution in [0.2, 0.25) is 0 Å². The lowest BCUT2D eigenvalue weighted by molar-refractivity contribution is -0.161. The maximum atomic E-state index is 13.0. The molecule has 654 valence electrons. The summed E-state index contributed by atoms with van der Waals surface area (Å²) in [6.07, 6.45) is 116. The van der Waals surface area contributed by atoms with Crippen LogP contribution < -0.4 is 0 Å². The van der Waals surface area contributed by atoms with Gasteiger partial charge in [-0.3, -0.25) is 32.5 Å². The molecule has 115 heavy (non-hydrogen) atoms. The number of allylic oxidation sites excluding steroid dienone is 32. The van der Waals surface area contributed by atoms with Gasteiger partial charge in [-0.2, -0.15) is 0 Å². The van der Waals surface area contributed by atoms with Gasteiger partial charge in [0.2, 0.25) is 0 Å². The van der Waals surface area contributed by atoms with Crippen molar-refractivity contribution in [3.8, 4) is 0 Å². The summed E-state index contributed by atoms with van der Waals surface area (Å²) in [5.74, 6) is -1.66. The Morgan fingerprint density at radius 3 is 0.748 bits per heavy atom. The molecule has 0 fully saturated rings. The highest BCUT2D eigenvalue weighted by atomic mass is 31.2. The van der Waals surface area contributed by atoms with E-state index >= 15 is 0 Å². The molecular weight excluding hydrogens is 1480 g/mol.